The lowest BCUT2D eigenvalue weighted by atomic mass is 10.0. The van der Waals surface area contributed by atoms with Crippen LogP contribution in [0.5, 0.6) is 0 Å². The molecule has 0 spiro atoms. The van der Waals surface area contributed by atoms with Gasteiger partial charge in [-0.25, -0.2) is 4.52 Å². The van der Waals surface area contributed by atoms with Crippen molar-refractivity contribution in [2.24, 2.45) is 5.41 Å². The Balaban J connectivity index is 1.74. The summed E-state index contributed by atoms with van der Waals surface area (Å²) >= 11 is 0. The SMILES string of the molecule is CCC1(CNc2nc3ccccn3n2)CC1. The monoisotopic (exact) mass is 216 g/mol. The van der Waals surface area contributed by atoms with Crippen LogP contribution in [0.4, 0.5) is 5.95 Å². The third-order valence-electron chi connectivity index (χ3n) is 3.57. The second-order valence-corrected chi connectivity index (χ2v) is 4.65. The molecule has 0 aromatic carbocycles. The Morgan fingerprint density at radius 2 is 2.31 bits per heavy atom. The van der Waals surface area contributed by atoms with E-state index in [1.807, 2.05) is 24.4 Å². The van der Waals surface area contributed by atoms with Crippen LogP contribution in [0.15, 0.2) is 24.4 Å². The molecule has 0 bridgehead atoms. The first-order chi connectivity index (χ1) is 7.81. The van der Waals surface area contributed by atoms with Gasteiger partial charge in [0.1, 0.15) is 0 Å². The first-order valence-electron chi connectivity index (χ1n) is 5.87. The molecule has 2 aromatic rings. The Morgan fingerprint density at radius 1 is 1.44 bits per heavy atom. The summed E-state index contributed by atoms with van der Waals surface area (Å²) in [5.41, 5.74) is 1.42. The summed E-state index contributed by atoms with van der Waals surface area (Å²) in [6.45, 7) is 3.26. The van der Waals surface area contributed by atoms with E-state index in [2.05, 4.69) is 22.3 Å². The standard InChI is InChI=1S/C12H16N4/c1-2-12(6-7-12)9-13-11-14-10-5-3-4-8-16(10)15-11/h3-5,8H,2,6-7,9H2,1H3,(H,13,15). The third kappa shape index (κ3) is 1.64. The van der Waals surface area contributed by atoms with Gasteiger partial charge in [0.25, 0.3) is 0 Å². The molecule has 0 saturated heterocycles. The van der Waals surface area contributed by atoms with Crippen molar-refractivity contribution in [1.29, 1.82) is 0 Å². The van der Waals surface area contributed by atoms with Gasteiger partial charge in [-0.1, -0.05) is 13.0 Å². The third-order valence-corrected chi connectivity index (χ3v) is 3.57. The van der Waals surface area contributed by atoms with E-state index in [0.717, 1.165) is 18.1 Å². The van der Waals surface area contributed by atoms with Crippen LogP contribution in [-0.4, -0.2) is 21.1 Å². The molecule has 4 heteroatoms. The number of hydrogen-bond acceptors (Lipinski definition) is 3. The molecule has 2 heterocycles. The summed E-state index contributed by atoms with van der Waals surface area (Å²) in [4.78, 5) is 4.42. The molecule has 1 saturated carbocycles. The number of aromatic nitrogens is 3. The first kappa shape index (κ1) is 9.63. The van der Waals surface area contributed by atoms with Gasteiger partial charge in [0, 0.05) is 12.7 Å². The number of rotatable bonds is 4. The van der Waals surface area contributed by atoms with Crippen LogP contribution in [0.3, 0.4) is 0 Å². The minimum absolute atomic E-state index is 0.525. The molecule has 1 aliphatic carbocycles. The van der Waals surface area contributed by atoms with E-state index in [1.54, 1.807) is 4.52 Å². The highest BCUT2D eigenvalue weighted by molar-refractivity contribution is 5.42. The van der Waals surface area contributed by atoms with Gasteiger partial charge in [-0.05, 0) is 36.8 Å². The number of pyridine rings is 1. The van der Waals surface area contributed by atoms with Gasteiger partial charge in [-0.15, -0.1) is 5.10 Å². The second-order valence-electron chi connectivity index (χ2n) is 4.65. The zero-order valence-electron chi connectivity index (χ0n) is 9.48. The van der Waals surface area contributed by atoms with E-state index in [9.17, 15) is 0 Å². The Labute approximate surface area is 94.7 Å². The lowest BCUT2D eigenvalue weighted by Crippen LogP contribution is -2.15. The van der Waals surface area contributed by atoms with Gasteiger partial charge in [0.05, 0.1) is 0 Å². The summed E-state index contributed by atoms with van der Waals surface area (Å²) in [5, 5.41) is 7.72. The smallest absolute Gasteiger partial charge is 0.243 e. The van der Waals surface area contributed by atoms with Crippen molar-refractivity contribution >= 4 is 11.6 Å². The molecule has 1 N–H and O–H groups in total. The second kappa shape index (κ2) is 3.47. The van der Waals surface area contributed by atoms with Crippen molar-refractivity contribution in [3.8, 4) is 0 Å². The van der Waals surface area contributed by atoms with E-state index in [4.69, 9.17) is 0 Å². The van der Waals surface area contributed by atoms with Crippen molar-refractivity contribution in [3.05, 3.63) is 24.4 Å². The average molecular weight is 216 g/mol. The summed E-state index contributed by atoms with van der Waals surface area (Å²) in [6, 6.07) is 5.90. The zero-order chi connectivity index (χ0) is 11.0. The van der Waals surface area contributed by atoms with E-state index >= 15 is 0 Å². The van der Waals surface area contributed by atoms with Crippen LogP contribution in [0.2, 0.25) is 0 Å². The van der Waals surface area contributed by atoms with Gasteiger partial charge >= 0.3 is 0 Å². The lowest BCUT2D eigenvalue weighted by molar-refractivity contribution is 0.520. The summed E-state index contributed by atoms with van der Waals surface area (Å²) in [5.74, 6) is 0.742. The topological polar surface area (TPSA) is 42.2 Å². The van der Waals surface area contributed by atoms with Crippen molar-refractivity contribution < 1.29 is 0 Å². The van der Waals surface area contributed by atoms with Gasteiger partial charge < -0.3 is 5.32 Å². The molecule has 1 fully saturated rings. The van der Waals surface area contributed by atoms with Gasteiger partial charge in [-0.2, -0.15) is 4.98 Å². The fraction of sp³-hybridized carbons (Fsp3) is 0.500. The fourth-order valence-electron chi connectivity index (χ4n) is 2.01. The highest BCUT2D eigenvalue weighted by Crippen LogP contribution is 2.48. The predicted octanol–water partition coefficient (Wildman–Crippen LogP) is 2.33. The molecule has 0 aliphatic heterocycles. The molecule has 0 radical (unpaired) electrons. The highest BCUT2D eigenvalue weighted by Gasteiger charge is 2.40. The van der Waals surface area contributed by atoms with Crippen LogP contribution in [0.1, 0.15) is 26.2 Å². The molecule has 4 nitrogen and oxygen atoms in total. The molecule has 3 rings (SSSR count). The Hall–Kier alpha value is -1.58. The molecule has 0 atom stereocenters. The fourth-order valence-corrected chi connectivity index (χ4v) is 2.01. The summed E-state index contributed by atoms with van der Waals surface area (Å²) in [7, 11) is 0. The van der Waals surface area contributed by atoms with E-state index in [0.29, 0.717) is 5.41 Å². The largest absolute Gasteiger partial charge is 0.352 e. The Kier molecular flexibility index (Phi) is 2.09. The molecular weight excluding hydrogens is 200 g/mol. The first-order valence-corrected chi connectivity index (χ1v) is 5.87. The maximum absolute atomic E-state index is 4.42. The van der Waals surface area contributed by atoms with Gasteiger partial charge in [-0.3, -0.25) is 0 Å². The van der Waals surface area contributed by atoms with Crippen LogP contribution in [0, 0.1) is 5.41 Å². The van der Waals surface area contributed by atoms with E-state index < -0.39 is 0 Å². The quantitative estimate of drug-likeness (QED) is 0.853. The number of nitrogens with zero attached hydrogens (tertiary/aromatic N) is 3. The normalized spacial score (nSPS) is 17.6. The van der Waals surface area contributed by atoms with E-state index in [-0.39, 0.29) is 0 Å². The van der Waals surface area contributed by atoms with Crippen molar-refractivity contribution in [2.45, 2.75) is 26.2 Å². The molecule has 16 heavy (non-hydrogen) atoms. The Bertz CT molecular complexity index is 465. The number of fused-ring (bicyclic) bond motifs is 1. The maximum Gasteiger partial charge on any atom is 0.243 e. The van der Waals surface area contributed by atoms with Crippen LogP contribution in [0.25, 0.3) is 5.65 Å². The van der Waals surface area contributed by atoms with E-state index in [1.165, 1.54) is 19.3 Å². The van der Waals surface area contributed by atoms with Crippen LogP contribution >= 0.6 is 0 Å². The van der Waals surface area contributed by atoms with Crippen molar-refractivity contribution in [3.63, 3.8) is 0 Å². The molecule has 1 aliphatic rings. The molecular formula is C12H16N4. The average Bonchev–Trinajstić information content (AvgIpc) is 2.98. The molecule has 84 valence electrons. The van der Waals surface area contributed by atoms with Crippen molar-refractivity contribution in [1.82, 2.24) is 14.6 Å². The van der Waals surface area contributed by atoms with Crippen LogP contribution < -0.4 is 5.32 Å². The maximum atomic E-state index is 4.42. The molecule has 2 aromatic heterocycles. The minimum atomic E-state index is 0.525. The minimum Gasteiger partial charge on any atom is -0.352 e. The number of hydrogen-bond donors (Lipinski definition) is 1. The van der Waals surface area contributed by atoms with Gasteiger partial charge in [0.15, 0.2) is 5.65 Å². The van der Waals surface area contributed by atoms with Gasteiger partial charge in [0.2, 0.25) is 5.95 Å². The van der Waals surface area contributed by atoms with Crippen LogP contribution in [-0.2, 0) is 0 Å². The summed E-state index contributed by atoms with van der Waals surface area (Å²) in [6.07, 6.45) is 5.83. The number of nitrogens with one attached hydrogen (secondary N) is 1. The highest BCUT2D eigenvalue weighted by atomic mass is 15.3. The Morgan fingerprint density at radius 3 is 3.00 bits per heavy atom. The predicted molar refractivity (Wildman–Crippen MR) is 63.4 cm³/mol. The van der Waals surface area contributed by atoms with Crippen molar-refractivity contribution in [2.75, 3.05) is 11.9 Å². The lowest BCUT2D eigenvalue weighted by Gasteiger charge is -2.11. The molecule has 0 unspecified atom stereocenters. The summed E-state index contributed by atoms with van der Waals surface area (Å²) < 4.78 is 1.80. The molecule has 0 amide bonds. The number of anilines is 1. The zero-order valence-corrected chi connectivity index (χ0v) is 9.48.